The summed E-state index contributed by atoms with van der Waals surface area (Å²) in [5, 5.41) is 0. The molecule has 3 aromatic rings. The Bertz CT molecular complexity index is 1650. The third kappa shape index (κ3) is 6.35. The van der Waals surface area contributed by atoms with Crippen LogP contribution in [0.25, 0.3) is 6.08 Å². The van der Waals surface area contributed by atoms with E-state index in [9.17, 15) is 14.4 Å². The number of hydrogen-bond donors (Lipinski definition) is 0. The van der Waals surface area contributed by atoms with E-state index in [0.29, 0.717) is 50.0 Å². The number of esters is 2. The summed E-state index contributed by atoms with van der Waals surface area (Å²) in [7, 11) is 1.49. The minimum atomic E-state index is -0.789. The molecule has 0 unspecified atom stereocenters. The zero-order chi connectivity index (χ0) is 29.5. The van der Waals surface area contributed by atoms with Crippen molar-refractivity contribution in [2.24, 2.45) is 4.99 Å². The molecule has 0 bridgehead atoms. The lowest BCUT2D eigenvalue weighted by atomic mass is 9.95. The maximum Gasteiger partial charge on any atom is 0.344 e. The lowest BCUT2D eigenvalue weighted by molar-refractivity contribution is -0.145. The van der Waals surface area contributed by atoms with Crippen molar-refractivity contribution >= 4 is 29.4 Å². The molecule has 1 aromatic heterocycles. The molecule has 0 saturated heterocycles. The van der Waals surface area contributed by atoms with Gasteiger partial charge in [-0.1, -0.05) is 35.6 Å². The number of thiazole rings is 1. The molecular formula is C30H32N2O8S. The molecule has 0 N–H and O–H groups in total. The molecule has 1 atom stereocenters. The summed E-state index contributed by atoms with van der Waals surface area (Å²) in [4.78, 5) is 43.8. The Balaban J connectivity index is 1.82. The molecule has 1 aliphatic heterocycles. The molecule has 41 heavy (non-hydrogen) atoms. The van der Waals surface area contributed by atoms with E-state index in [1.165, 1.54) is 23.0 Å². The predicted molar refractivity (Wildman–Crippen MR) is 153 cm³/mol. The van der Waals surface area contributed by atoms with Crippen LogP contribution < -0.4 is 29.1 Å². The van der Waals surface area contributed by atoms with E-state index in [-0.39, 0.29) is 31.0 Å². The van der Waals surface area contributed by atoms with Gasteiger partial charge in [-0.05, 0) is 57.5 Å². The van der Waals surface area contributed by atoms with Crippen molar-refractivity contribution < 1.29 is 33.3 Å². The van der Waals surface area contributed by atoms with Crippen LogP contribution in [0.2, 0.25) is 0 Å². The quantitative estimate of drug-likeness (QED) is 0.318. The first-order valence-electron chi connectivity index (χ1n) is 13.2. The number of para-hydroxylation sites is 1. The number of carbonyl (C=O) groups is 2. The molecule has 11 heteroatoms. The fourth-order valence-electron chi connectivity index (χ4n) is 4.46. The number of allylic oxidation sites excluding steroid dienone is 1. The molecule has 0 aliphatic carbocycles. The highest BCUT2D eigenvalue weighted by Crippen LogP contribution is 2.36. The van der Waals surface area contributed by atoms with E-state index in [1.807, 2.05) is 31.2 Å². The van der Waals surface area contributed by atoms with Crippen molar-refractivity contribution in [3.63, 3.8) is 0 Å². The lowest BCUT2D eigenvalue weighted by Crippen LogP contribution is -2.40. The Labute approximate surface area is 241 Å². The smallest absolute Gasteiger partial charge is 0.344 e. The number of methoxy groups -OCH3 is 1. The molecule has 4 rings (SSSR count). The van der Waals surface area contributed by atoms with Gasteiger partial charge in [0, 0.05) is 5.56 Å². The van der Waals surface area contributed by atoms with E-state index < -0.39 is 18.0 Å². The van der Waals surface area contributed by atoms with Gasteiger partial charge in [-0.15, -0.1) is 0 Å². The number of hydrogen-bond acceptors (Lipinski definition) is 10. The number of benzene rings is 2. The van der Waals surface area contributed by atoms with Crippen LogP contribution in [0, 0.1) is 0 Å². The van der Waals surface area contributed by atoms with Crippen LogP contribution in [0.15, 0.2) is 63.5 Å². The second-order valence-electron chi connectivity index (χ2n) is 8.78. The summed E-state index contributed by atoms with van der Waals surface area (Å²) in [6.07, 6.45) is 1.72. The van der Waals surface area contributed by atoms with E-state index >= 15 is 0 Å². The molecule has 0 spiro atoms. The summed E-state index contributed by atoms with van der Waals surface area (Å²) >= 11 is 1.21. The van der Waals surface area contributed by atoms with Gasteiger partial charge in [0.15, 0.2) is 22.9 Å². The van der Waals surface area contributed by atoms with E-state index in [4.69, 9.17) is 23.7 Å². The van der Waals surface area contributed by atoms with E-state index in [2.05, 4.69) is 4.99 Å². The molecule has 10 nitrogen and oxygen atoms in total. The number of aromatic nitrogens is 1. The minimum absolute atomic E-state index is 0.182. The Morgan fingerprint density at radius 1 is 0.976 bits per heavy atom. The van der Waals surface area contributed by atoms with Crippen LogP contribution in [0.3, 0.4) is 0 Å². The third-order valence-electron chi connectivity index (χ3n) is 6.17. The van der Waals surface area contributed by atoms with Gasteiger partial charge in [-0.3, -0.25) is 9.36 Å². The Kier molecular flexibility index (Phi) is 9.61. The SMILES string of the molecule is CCOC(=O)COc1ccc(/C=c2\sc3n(c2=O)[C@H](c2ccccc2OCC)C(C(=O)OCC)=C(C)N=3)cc1OC. The summed E-state index contributed by atoms with van der Waals surface area (Å²) in [6.45, 7) is 7.65. The first-order valence-corrected chi connectivity index (χ1v) is 14.0. The van der Waals surface area contributed by atoms with Gasteiger partial charge in [0.05, 0.1) is 42.7 Å². The zero-order valence-corrected chi connectivity index (χ0v) is 24.4. The van der Waals surface area contributed by atoms with Gasteiger partial charge in [0.1, 0.15) is 11.8 Å². The third-order valence-corrected chi connectivity index (χ3v) is 7.15. The second-order valence-corrected chi connectivity index (χ2v) is 9.79. The van der Waals surface area contributed by atoms with Gasteiger partial charge in [0.2, 0.25) is 0 Å². The second kappa shape index (κ2) is 13.3. The lowest BCUT2D eigenvalue weighted by Gasteiger charge is -2.26. The highest BCUT2D eigenvalue weighted by Gasteiger charge is 2.35. The maximum atomic E-state index is 13.9. The predicted octanol–water partition coefficient (Wildman–Crippen LogP) is 3.15. The van der Waals surface area contributed by atoms with Crippen LogP contribution in [0.4, 0.5) is 0 Å². The van der Waals surface area contributed by atoms with Gasteiger partial charge in [0.25, 0.3) is 5.56 Å². The topological polar surface area (TPSA) is 115 Å². The van der Waals surface area contributed by atoms with Crippen LogP contribution in [-0.2, 0) is 19.1 Å². The molecule has 0 amide bonds. The van der Waals surface area contributed by atoms with Crippen molar-refractivity contribution in [1.29, 1.82) is 0 Å². The van der Waals surface area contributed by atoms with E-state index in [1.54, 1.807) is 45.0 Å². The first kappa shape index (κ1) is 29.6. The Morgan fingerprint density at radius 3 is 2.44 bits per heavy atom. The van der Waals surface area contributed by atoms with Crippen molar-refractivity contribution in [2.75, 3.05) is 33.5 Å². The van der Waals surface area contributed by atoms with E-state index in [0.717, 1.165) is 0 Å². The standard InChI is InChI=1S/C30H32N2O8S/c1-6-37-21-12-10-9-11-20(21)27-26(29(35)39-8-3)18(4)31-30-32(27)28(34)24(41-30)16-19-13-14-22(23(15-19)36-5)40-17-25(33)38-7-2/h9-16,27H,6-8,17H2,1-5H3/b24-16-/t27-/m1/s1. The molecule has 0 fully saturated rings. The highest BCUT2D eigenvalue weighted by atomic mass is 32.1. The molecule has 0 radical (unpaired) electrons. The summed E-state index contributed by atoms with van der Waals surface area (Å²) in [6, 6.07) is 11.6. The van der Waals surface area contributed by atoms with Gasteiger partial charge < -0.3 is 23.7 Å². The number of ether oxygens (including phenoxy) is 5. The van der Waals surface area contributed by atoms with Crippen molar-refractivity contribution in [1.82, 2.24) is 4.57 Å². The maximum absolute atomic E-state index is 13.9. The summed E-state index contributed by atoms with van der Waals surface area (Å²) < 4.78 is 29.1. The molecule has 0 saturated carbocycles. The Hall–Kier alpha value is -4.38. The normalized spacial score (nSPS) is 14.7. The average molecular weight is 581 g/mol. The van der Waals surface area contributed by atoms with Gasteiger partial charge in [-0.25, -0.2) is 14.6 Å². The number of rotatable bonds is 11. The first-order chi connectivity index (χ1) is 19.8. The highest BCUT2D eigenvalue weighted by molar-refractivity contribution is 7.07. The fraction of sp³-hybridized carbons (Fsp3) is 0.333. The van der Waals surface area contributed by atoms with Gasteiger partial charge >= 0.3 is 11.9 Å². The summed E-state index contributed by atoms with van der Waals surface area (Å²) in [5.41, 5.74) is 1.76. The zero-order valence-electron chi connectivity index (χ0n) is 23.6. The number of nitrogens with zero attached hydrogens (tertiary/aromatic N) is 2. The minimum Gasteiger partial charge on any atom is -0.494 e. The summed E-state index contributed by atoms with van der Waals surface area (Å²) in [5.74, 6) is 0.288. The van der Waals surface area contributed by atoms with Crippen molar-refractivity contribution in [3.8, 4) is 17.2 Å². The largest absolute Gasteiger partial charge is 0.494 e. The van der Waals surface area contributed by atoms with Gasteiger partial charge in [-0.2, -0.15) is 0 Å². The van der Waals surface area contributed by atoms with Crippen LogP contribution in [0.1, 0.15) is 44.9 Å². The van der Waals surface area contributed by atoms with Crippen LogP contribution >= 0.6 is 11.3 Å². The van der Waals surface area contributed by atoms with Crippen LogP contribution in [-0.4, -0.2) is 50.0 Å². The Morgan fingerprint density at radius 2 is 1.73 bits per heavy atom. The number of carbonyl (C=O) groups excluding carboxylic acids is 2. The molecule has 2 heterocycles. The molecule has 216 valence electrons. The average Bonchev–Trinajstić information content (AvgIpc) is 3.26. The monoisotopic (exact) mass is 580 g/mol. The molecule has 1 aliphatic rings. The fourth-order valence-corrected chi connectivity index (χ4v) is 5.51. The van der Waals surface area contributed by atoms with Crippen molar-refractivity contribution in [2.45, 2.75) is 33.7 Å². The number of fused-ring (bicyclic) bond motifs is 1. The molecule has 2 aromatic carbocycles. The van der Waals surface area contributed by atoms with Crippen LogP contribution in [0.5, 0.6) is 17.2 Å². The molecular weight excluding hydrogens is 548 g/mol. The van der Waals surface area contributed by atoms with Crippen molar-refractivity contribution in [3.05, 3.63) is 84.5 Å².